The van der Waals surface area contributed by atoms with Gasteiger partial charge >= 0.3 is 0 Å². The van der Waals surface area contributed by atoms with Gasteiger partial charge in [-0.15, -0.1) is 0 Å². The van der Waals surface area contributed by atoms with Gasteiger partial charge in [0.2, 0.25) is 0 Å². The van der Waals surface area contributed by atoms with Crippen LogP contribution in [0.15, 0.2) is 0 Å². The zero-order valence-corrected chi connectivity index (χ0v) is 11.8. The molecule has 0 nitrogen and oxygen atoms in total. The molecule has 0 fully saturated rings. The predicted molar refractivity (Wildman–Crippen MR) is 0 cm³/mol. The average molecular weight is 400 g/mol. The quantitative estimate of drug-likeness (QED) is 0.502. The zero-order chi connectivity index (χ0) is 0. The van der Waals surface area contributed by atoms with Gasteiger partial charge in [-0.05, 0) is 0 Å². The van der Waals surface area contributed by atoms with Crippen LogP contribution in [-0.4, -0.2) is 0 Å². The summed E-state index contributed by atoms with van der Waals surface area (Å²) in [6.07, 6.45) is 0. The van der Waals surface area contributed by atoms with E-state index in [4.69, 9.17) is 0 Å². The van der Waals surface area contributed by atoms with Gasteiger partial charge in [-0.1, -0.05) is 0 Å². The van der Waals surface area contributed by atoms with Crippen LogP contribution < -0.4 is 0 Å². The molecule has 0 aromatic heterocycles. The minimum Gasteiger partial charge on any atom is 0 e. The van der Waals surface area contributed by atoms with Gasteiger partial charge in [-0.25, -0.2) is 0 Å². The monoisotopic (exact) mass is 398 g/mol. The smallest absolute Gasteiger partial charge is 0 e. The van der Waals surface area contributed by atoms with Crippen LogP contribution in [0.5, 0.6) is 0 Å². The van der Waals surface area contributed by atoms with Crippen LogP contribution >= 0.6 is 0 Å². The molecule has 0 amide bonds. The van der Waals surface area contributed by atoms with Crippen molar-refractivity contribution in [2.75, 3.05) is 0 Å². The molecule has 0 saturated carbocycles. The second-order valence-corrected chi connectivity index (χ2v) is 0. The molecule has 0 rings (SSSR count). The van der Waals surface area contributed by atoms with Gasteiger partial charge < -0.3 is 0 Å². The Balaban J connectivity index is 0. The van der Waals surface area contributed by atoms with E-state index >= 15 is 0 Å². The maximum Gasteiger partial charge on any atom is 0 e. The second kappa shape index (κ2) is 25.0. The minimum atomic E-state index is 0. The Labute approximate surface area is 114 Å². The van der Waals surface area contributed by atoms with Crippen LogP contribution in [0.4, 0.5) is 0 Å². The van der Waals surface area contributed by atoms with Crippen LogP contribution in [0.3, 0.4) is 0 Å². The van der Waals surface area contributed by atoms with Crippen molar-refractivity contribution in [1.29, 1.82) is 0 Å². The van der Waals surface area contributed by atoms with Crippen molar-refractivity contribution in [3.05, 3.63) is 0 Å². The molecule has 5 heteroatoms. The SMILES string of the molecule is [Cu].[La].[Ni].[Ti].[Zr]. The fraction of sp³-hybridized carbons (Fsp3) is 0. The largest absolute Gasteiger partial charge is 0 e. The average Bonchev–Trinajstić information content (AvgIpc) is 0. The van der Waals surface area contributed by atoms with E-state index in [1.807, 2.05) is 0 Å². The molecule has 0 N–H and O–H groups in total. The standard InChI is InChI=1S/Cu.La.Ni.Ti.Zr. The van der Waals surface area contributed by atoms with Gasteiger partial charge in [-0.2, -0.15) is 0 Å². The molecule has 2 radical (unpaired) electrons. The molecule has 0 aliphatic rings. The summed E-state index contributed by atoms with van der Waals surface area (Å²) >= 11 is 0. The van der Waals surface area contributed by atoms with Crippen LogP contribution in [-0.2, 0) is 81.5 Å². The van der Waals surface area contributed by atoms with E-state index in [0.29, 0.717) is 0 Å². The van der Waals surface area contributed by atoms with Crippen molar-refractivity contribution < 1.29 is 117 Å². The van der Waals surface area contributed by atoms with E-state index in [9.17, 15) is 0 Å². The van der Waals surface area contributed by atoms with Crippen molar-refractivity contribution in [1.82, 2.24) is 0 Å². The van der Waals surface area contributed by atoms with E-state index in [-0.39, 0.29) is 117 Å². The Morgan fingerprint density at radius 1 is 1.00 bits per heavy atom. The summed E-state index contributed by atoms with van der Waals surface area (Å²) in [5, 5.41) is 0. The maximum absolute atomic E-state index is 0. The van der Waals surface area contributed by atoms with Gasteiger partial charge in [-0.3, -0.25) is 0 Å². The molecule has 0 saturated heterocycles. The third-order valence-electron chi connectivity index (χ3n) is 0. The number of hydrogen-bond acceptors (Lipinski definition) is 0. The third-order valence-corrected chi connectivity index (χ3v) is 0. The van der Waals surface area contributed by atoms with Gasteiger partial charge in [0.1, 0.15) is 0 Å². The molecule has 0 aromatic rings. The van der Waals surface area contributed by atoms with Gasteiger partial charge in [0.15, 0.2) is 0 Å². The maximum atomic E-state index is 0. The topological polar surface area (TPSA) is 0 Å². The van der Waals surface area contributed by atoms with Crippen LogP contribution in [0, 0.1) is 35.6 Å². The summed E-state index contributed by atoms with van der Waals surface area (Å²) in [6.45, 7) is 0. The molecular formula is CuLaNiTiZr. The first-order valence-corrected chi connectivity index (χ1v) is 0. The molecule has 0 heterocycles. The van der Waals surface area contributed by atoms with E-state index < -0.39 is 0 Å². The van der Waals surface area contributed by atoms with Crippen molar-refractivity contribution in [3.8, 4) is 0 Å². The molecule has 0 aliphatic heterocycles. The van der Waals surface area contributed by atoms with Crippen molar-refractivity contribution in [2.45, 2.75) is 0 Å². The van der Waals surface area contributed by atoms with Crippen LogP contribution in [0.1, 0.15) is 0 Å². The van der Waals surface area contributed by atoms with Gasteiger partial charge in [0, 0.05) is 117 Å². The predicted octanol–water partition coefficient (Wildman–Crippen LogP) is -0.0100. The zero-order valence-electron chi connectivity index (χ0n) is 2.20. The summed E-state index contributed by atoms with van der Waals surface area (Å²) in [5.41, 5.74) is 0. The van der Waals surface area contributed by atoms with Gasteiger partial charge in [0.25, 0.3) is 0 Å². The molecule has 0 bridgehead atoms. The summed E-state index contributed by atoms with van der Waals surface area (Å²) < 4.78 is 0. The molecule has 32 valence electrons. The fourth-order valence-corrected chi connectivity index (χ4v) is 0. The third kappa shape index (κ3) is 18.2. The van der Waals surface area contributed by atoms with Gasteiger partial charge in [0.05, 0.1) is 0 Å². The first-order chi connectivity index (χ1) is 0. The fourth-order valence-electron chi connectivity index (χ4n) is 0. The molecular weight excluding hydrogens is 400 g/mol. The van der Waals surface area contributed by atoms with Crippen molar-refractivity contribution in [2.24, 2.45) is 0 Å². The first kappa shape index (κ1) is 37.0. The van der Waals surface area contributed by atoms with Crippen molar-refractivity contribution >= 4 is 0 Å². The molecule has 5 heavy (non-hydrogen) atoms. The Hall–Kier alpha value is 3.81. The number of hydrogen-bond donors (Lipinski definition) is 0. The Kier molecular flexibility index (Phi) is 185. The Morgan fingerprint density at radius 2 is 1.00 bits per heavy atom. The second-order valence-electron chi connectivity index (χ2n) is 0. The normalized spacial score (nSPS) is 0. The number of rotatable bonds is 0. The molecule has 0 spiro atoms. The summed E-state index contributed by atoms with van der Waals surface area (Å²) in [7, 11) is 0. The molecule has 0 unspecified atom stereocenters. The van der Waals surface area contributed by atoms with E-state index in [2.05, 4.69) is 0 Å². The Morgan fingerprint density at radius 3 is 1.00 bits per heavy atom. The van der Waals surface area contributed by atoms with Crippen LogP contribution in [0.25, 0.3) is 0 Å². The minimum absolute atomic E-state index is 0. The summed E-state index contributed by atoms with van der Waals surface area (Å²) in [6, 6.07) is 0. The van der Waals surface area contributed by atoms with E-state index in [1.165, 1.54) is 0 Å². The van der Waals surface area contributed by atoms with Crippen molar-refractivity contribution in [3.63, 3.8) is 0 Å². The van der Waals surface area contributed by atoms with E-state index in [1.54, 1.807) is 0 Å². The molecule has 0 aromatic carbocycles. The summed E-state index contributed by atoms with van der Waals surface area (Å²) in [4.78, 5) is 0. The Bertz CT molecular complexity index is 11.6. The van der Waals surface area contributed by atoms with E-state index in [0.717, 1.165) is 0 Å². The molecule has 0 atom stereocenters. The summed E-state index contributed by atoms with van der Waals surface area (Å²) in [5.74, 6) is 0. The molecule has 0 aliphatic carbocycles. The van der Waals surface area contributed by atoms with Crippen LogP contribution in [0.2, 0.25) is 0 Å². The first-order valence-electron chi connectivity index (χ1n) is 0.